The molecule has 1 aliphatic carbocycles. The third-order valence-corrected chi connectivity index (χ3v) is 6.47. The predicted molar refractivity (Wildman–Crippen MR) is 111 cm³/mol. The Balaban J connectivity index is 1.33. The lowest BCUT2D eigenvalue weighted by Crippen LogP contribution is -2.50. The first-order valence-corrected chi connectivity index (χ1v) is 10.7. The van der Waals surface area contributed by atoms with Crippen molar-refractivity contribution in [1.29, 1.82) is 0 Å². The summed E-state index contributed by atoms with van der Waals surface area (Å²) in [5.41, 5.74) is 3.70. The molecule has 150 valence electrons. The number of piperazine rings is 1. The van der Waals surface area contributed by atoms with E-state index in [1.807, 2.05) is 9.80 Å². The fourth-order valence-corrected chi connectivity index (χ4v) is 4.90. The van der Waals surface area contributed by atoms with Crippen molar-refractivity contribution >= 4 is 17.5 Å². The Kier molecular flexibility index (Phi) is 5.69. The largest absolute Gasteiger partial charge is 0.368 e. The number of carbonyl (C=O) groups is 2. The standard InChI is InChI=1S/C23H31N3O2/c1-18-7-2-4-10-20(18)24-13-15-25(16-14-24)22(27)17-23(28)26-12-6-9-19-8-3-5-11-21(19)26/h2,4,7,10-11,19H,3,5-6,8-9,12-17H2,1H3. The number of anilines is 1. The van der Waals surface area contributed by atoms with Gasteiger partial charge in [-0.2, -0.15) is 0 Å². The summed E-state index contributed by atoms with van der Waals surface area (Å²) in [7, 11) is 0. The molecule has 1 aromatic rings. The number of aryl methyl sites for hydroxylation is 1. The molecule has 0 saturated carbocycles. The van der Waals surface area contributed by atoms with Gasteiger partial charge in [0, 0.05) is 44.1 Å². The van der Waals surface area contributed by atoms with Gasteiger partial charge in [-0.15, -0.1) is 0 Å². The van der Waals surface area contributed by atoms with E-state index in [4.69, 9.17) is 0 Å². The van der Waals surface area contributed by atoms with E-state index in [1.54, 1.807) is 0 Å². The number of likely N-dealkylation sites (tertiary alicyclic amines) is 1. The highest BCUT2D eigenvalue weighted by molar-refractivity contribution is 5.97. The predicted octanol–water partition coefficient (Wildman–Crippen LogP) is 3.34. The van der Waals surface area contributed by atoms with Gasteiger partial charge in [0.25, 0.3) is 0 Å². The van der Waals surface area contributed by atoms with Crippen LogP contribution in [-0.2, 0) is 9.59 Å². The van der Waals surface area contributed by atoms with Crippen LogP contribution in [0.15, 0.2) is 36.0 Å². The Morgan fingerprint density at radius 1 is 0.964 bits per heavy atom. The molecule has 5 nitrogen and oxygen atoms in total. The molecule has 28 heavy (non-hydrogen) atoms. The van der Waals surface area contributed by atoms with Crippen molar-refractivity contribution in [2.24, 2.45) is 5.92 Å². The van der Waals surface area contributed by atoms with Crippen LogP contribution in [0.1, 0.15) is 44.1 Å². The van der Waals surface area contributed by atoms with E-state index in [0.717, 1.165) is 32.5 Å². The van der Waals surface area contributed by atoms with Crippen LogP contribution in [0.4, 0.5) is 5.69 Å². The monoisotopic (exact) mass is 381 g/mol. The summed E-state index contributed by atoms with van der Waals surface area (Å²) in [6.45, 7) is 5.91. The highest BCUT2D eigenvalue weighted by atomic mass is 16.2. The van der Waals surface area contributed by atoms with Crippen molar-refractivity contribution < 1.29 is 9.59 Å². The van der Waals surface area contributed by atoms with Crippen LogP contribution in [0.3, 0.4) is 0 Å². The summed E-state index contributed by atoms with van der Waals surface area (Å²) >= 11 is 0. The number of allylic oxidation sites excluding steroid dienone is 2. The van der Waals surface area contributed by atoms with E-state index < -0.39 is 0 Å². The minimum Gasteiger partial charge on any atom is -0.368 e. The summed E-state index contributed by atoms with van der Waals surface area (Å²) in [5, 5.41) is 0. The molecule has 1 aromatic carbocycles. The SMILES string of the molecule is Cc1ccccc1N1CCN(C(=O)CC(=O)N2CCCC3CCCC=C32)CC1. The zero-order valence-electron chi connectivity index (χ0n) is 16.9. The van der Waals surface area contributed by atoms with Crippen LogP contribution >= 0.6 is 0 Å². The smallest absolute Gasteiger partial charge is 0.236 e. The lowest BCUT2D eigenvalue weighted by molar-refractivity contribution is -0.140. The van der Waals surface area contributed by atoms with Gasteiger partial charge in [0.2, 0.25) is 11.8 Å². The van der Waals surface area contributed by atoms with Gasteiger partial charge in [-0.05, 0) is 56.6 Å². The maximum absolute atomic E-state index is 12.9. The van der Waals surface area contributed by atoms with E-state index in [-0.39, 0.29) is 18.2 Å². The Morgan fingerprint density at radius 2 is 1.71 bits per heavy atom. The van der Waals surface area contributed by atoms with E-state index in [2.05, 4.69) is 42.2 Å². The van der Waals surface area contributed by atoms with E-state index >= 15 is 0 Å². The molecule has 1 atom stereocenters. The molecule has 3 aliphatic rings. The van der Waals surface area contributed by atoms with Crippen LogP contribution in [0, 0.1) is 12.8 Å². The van der Waals surface area contributed by atoms with Crippen LogP contribution in [0.5, 0.6) is 0 Å². The van der Waals surface area contributed by atoms with Gasteiger partial charge < -0.3 is 14.7 Å². The van der Waals surface area contributed by atoms with E-state index in [1.165, 1.54) is 36.2 Å². The highest BCUT2D eigenvalue weighted by Gasteiger charge is 2.32. The number of rotatable bonds is 3. The second-order valence-corrected chi connectivity index (χ2v) is 8.28. The molecule has 1 unspecified atom stereocenters. The maximum Gasteiger partial charge on any atom is 0.236 e. The molecule has 0 spiro atoms. The summed E-state index contributed by atoms with van der Waals surface area (Å²) in [6.07, 6.45) is 7.95. The van der Waals surface area contributed by atoms with Gasteiger partial charge in [-0.25, -0.2) is 0 Å². The average molecular weight is 382 g/mol. The maximum atomic E-state index is 12.9. The molecule has 5 heteroatoms. The van der Waals surface area contributed by atoms with Gasteiger partial charge in [-0.3, -0.25) is 9.59 Å². The molecule has 2 fully saturated rings. The number of amides is 2. The fraction of sp³-hybridized carbons (Fsp3) is 0.565. The Morgan fingerprint density at radius 3 is 2.50 bits per heavy atom. The second kappa shape index (κ2) is 8.38. The Hall–Kier alpha value is -2.30. The number of hydrogen-bond acceptors (Lipinski definition) is 3. The van der Waals surface area contributed by atoms with Crippen molar-refractivity contribution in [3.63, 3.8) is 0 Å². The first-order valence-electron chi connectivity index (χ1n) is 10.7. The van der Waals surface area contributed by atoms with Gasteiger partial charge in [0.1, 0.15) is 6.42 Å². The molecule has 0 N–H and O–H groups in total. The zero-order chi connectivity index (χ0) is 19.5. The third-order valence-electron chi connectivity index (χ3n) is 6.47. The molecule has 0 radical (unpaired) electrons. The summed E-state index contributed by atoms with van der Waals surface area (Å²) in [5.74, 6) is 0.497. The first kappa shape index (κ1) is 19.0. The van der Waals surface area contributed by atoms with Crippen molar-refractivity contribution in [3.8, 4) is 0 Å². The summed E-state index contributed by atoms with van der Waals surface area (Å²) in [4.78, 5) is 31.7. The quantitative estimate of drug-likeness (QED) is 0.755. The number of piperidine rings is 1. The van der Waals surface area contributed by atoms with Gasteiger partial charge in [0.05, 0.1) is 0 Å². The number of fused-ring (bicyclic) bond motifs is 1. The lowest BCUT2D eigenvalue weighted by Gasteiger charge is -2.39. The van der Waals surface area contributed by atoms with E-state index in [9.17, 15) is 9.59 Å². The van der Waals surface area contributed by atoms with Crippen LogP contribution in [0.25, 0.3) is 0 Å². The van der Waals surface area contributed by atoms with Crippen molar-refractivity contribution in [1.82, 2.24) is 9.80 Å². The summed E-state index contributed by atoms with van der Waals surface area (Å²) in [6, 6.07) is 8.37. The molecule has 2 heterocycles. The molecular weight excluding hydrogens is 350 g/mol. The number of para-hydroxylation sites is 1. The fourth-order valence-electron chi connectivity index (χ4n) is 4.90. The highest BCUT2D eigenvalue weighted by Crippen LogP contribution is 2.35. The van der Waals surface area contributed by atoms with Crippen molar-refractivity contribution in [3.05, 3.63) is 41.6 Å². The molecular formula is C23H31N3O2. The second-order valence-electron chi connectivity index (χ2n) is 8.28. The zero-order valence-corrected chi connectivity index (χ0v) is 16.9. The van der Waals surface area contributed by atoms with Gasteiger partial charge in [-0.1, -0.05) is 24.3 Å². The van der Waals surface area contributed by atoms with Gasteiger partial charge >= 0.3 is 0 Å². The molecule has 2 saturated heterocycles. The lowest BCUT2D eigenvalue weighted by atomic mass is 9.85. The molecule has 0 aromatic heterocycles. The summed E-state index contributed by atoms with van der Waals surface area (Å²) < 4.78 is 0. The van der Waals surface area contributed by atoms with Crippen LogP contribution < -0.4 is 4.90 Å². The molecule has 2 aliphatic heterocycles. The average Bonchev–Trinajstić information content (AvgIpc) is 2.73. The Bertz CT molecular complexity index is 765. The number of hydrogen-bond donors (Lipinski definition) is 0. The van der Waals surface area contributed by atoms with Crippen molar-refractivity contribution in [2.45, 2.75) is 45.4 Å². The normalized spacial score (nSPS) is 22.5. The topological polar surface area (TPSA) is 43.9 Å². The van der Waals surface area contributed by atoms with Gasteiger partial charge in [0.15, 0.2) is 0 Å². The third kappa shape index (κ3) is 3.94. The number of nitrogens with zero attached hydrogens (tertiary/aromatic N) is 3. The minimum atomic E-state index is -0.0204. The van der Waals surface area contributed by atoms with Crippen LogP contribution in [-0.4, -0.2) is 54.3 Å². The van der Waals surface area contributed by atoms with E-state index in [0.29, 0.717) is 19.0 Å². The Labute approximate surface area is 168 Å². The molecule has 2 amide bonds. The molecule has 4 rings (SSSR count). The number of carbonyl (C=O) groups excluding carboxylic acids is 2. The minimum absolute atomic E-state index is 0.00836. The van der Waals surface area contributed by atoms with Crippen LogP contribution in [0.2, 0.25) is 0 Å². The number of benzene rings is 1. The first-order chi connectivity index (χ1) is 13.6. The molecule has 0 bridgehead atoms. The van der Waals surface area contributed by atoms with Crippen molar-refractivity contribution in [2.75, 3.05) is 37.6 Å².